The van der Waals surface area contributed by atoms with Gasteiger partial charge in [-0.15, -0.1) is 0 Å². The number of ketones is 1. The molecule has 1 spiro atoms. The number of carbonyl (C=O) groups is 2. The number of Topliss-reactive ketones (excluding diaryl/α,β-unsaturated/α-hetero) is 1. The molecule has 40 heavy (non-hydrogen) atoms. The van der Waals surface area contributed by atoms with Crippen LogP contribution in [0.15, 0.2) is 103 Å². The number of hydrogen-bond acceptors (Lipinski definition) is 6. The minimum absolute atomic E-state index is 0.132. The summed E-state index contributed by atoms with van der Waals surface area (Å²) < 4.78 is 5.43. The highest BCUT2D eigenvalue weighted by Gasteiger charge is 2.76. The van der Waals surface area contributed by atoms with E-state index in [2.05, 4.69) is 0 Å². The fourth-order valence-corrected chi connectivity index (χ4v) is 7.90. The minimum Gasteiger partial charge on any atom is -0.508 e. The van der Waals surface area contributed by atoms with Crippen molar-refractivity contribution in [2.45, 2.75) is 36.7 Å². The lowest BCUT2D eigenvalue weighted by atomic mass is 9.46. The van der Waals surface area contributed by atoms with E-state index in [1.54, 1.807) is 24.3 Å². The van der Waals surface area contributed by atoms with Crippen LogP contribution in [0.2, 0.25) is 0 Å². The second kappa shape index (κ2) is 9.49. The van der Waals surface area contributed by atoms with Crippen LogP contribution >= 0.6 is 0 Å². The first-order chi connectivity index (χ1) is 19.3. The Bertz CT molecular complexity index is 1440. The first kappa shape index (κ1) is 26.1. The molecule has 3 aliphatic rings. The molecular formula is C34H32O6. The van der Waals surface area contributed by atoms with Crippen molar-refractivity contribution >= 4 is 11.8 Å². The van der Waals surface area contributed by atoms with Crippen LogP contribution in [0.25, 0.3) is 0 Å². The summed E-state index contributed by atoms with van der Waals surface area (Å²) in [5, 5.41) is 32.1. The van der Waals surface area contributed by atoms with Gasteiger partial charge in [-0.25, -0.2) is 0 Å². The number of fused-ring (bicyclic) bond motifs is 2. The number of aliphatic hydroxyl groups is 1. The van der Waals surface area contributed by atoms with Crippen molar-refractivity contribution in [3.05, 3.63) is 120 Å². The molecule has 0 saturated heterocycles. The van der Waals surface area contributed by atoms with Crippen LogP contribution in [0.4, 0.5) is 0 Å². The van der Waals surface area contributed by atoms with E-state index in [0.717, 1.165) is 16.7 Å². The fraction of sp³-hybridized carbons (Fsp3) is 0.294. The third-order valence-electron chi connectivity index (χ3n) is 9.71. The predicted octanol–water partition coefficient (Wildman–Crippen LogP) is 5.18. The summed E-state index contributed by atoms with van der Waals surface area (Å²) in [5.74, 6) is -2.09. The van der Waals surface area contributed by atoms with Crippen molar-refractivity contribution in [1.82, 2.24) is 0 Å². The molecule has 0 aromatic heterocycles. The molecule has 3 aliphatic carbocycles. The van der Waals surface area contributed by atoms with Crippen LogP contribution in [-0.2, 0) is 19.7 Å². The summed E-state index contributed by atoms with van der Waals surface area (Å²) in [6.45, 7) is 0. The molecule has 3 aromatic rings. The van der Waals surface area contributed by atoms with Crippen LogP contribution < -0.4 is 0 Å². The number of methoxy groups -OCH3 is 1. The van der Waals surface area contributed by atoms with Gasteiger partial charge in [0.1, 0.15) is 23.0 Å². The summed E-state index contributed by atoms with van der Waals surface area (Å²) >= 11 is 0. The number of benzene rings is 3. The third kappa shape index (κ3) is 3.52. The molecule has 6 rings (SSSR count). The Morgan fingerprint density at radius 1 is 0.850 bits per heavy atom. The normalized spacial score (nSPS) is 30.2. The van der Waals surface area contributed by atoms with Gasteiger partial charge in [-0.3, -0.25) is 9.59 Å². The smallest absolute Gasteiger partial charge is 0.320 e. The Kier molecular flexibility index (Phi) is 6.19. The lowest BCUT2D eigenvalue weighted by Crippen LogP contribution is -2.56. The Balaban J connectivity index is 1.69. The average Bonchev–Trinajstić information content (AvgIpc) is 3.17. The van der Waals surface area contributed by atoms with Crippen LogP contribution in [0.1, 0.15) is 41.9 Å². The average molecular weight is 537 g/mol. The van der Waals surface area contributed by atoms with Gasteiger partial charge in [-0.1, -0.05) is 78.9 Å². The molecule has 0 aliphatic heterocycles. The van der Waals surface area contributed by atoms with Crippen LogP contribution in [-0.4, -0.2) is 40.3 Å². The van der Waals surface area contributed by atoms with Crippen molar-refractivity contribution in [2.24, 2.45) is 16.7 Å². The van der Waals surface area contributed by atoms with Gasteiger partial charge in [0, 0.05) is 16.7 Å². The van der Waals surface area contributed by atoms with E-state index in [9.17, 15) is 24.9 Å². The number of aromatic hydroxyl groups is 2. The summed E-state index contributed by atoms with van der Waals surface area (Å²) in [6, 6.07) is 23.6. The highest BCUT2D eigenvalue weighted by molar-refractivity contribution is 6.10. The molecule has 0 heterocycles. The molecule has 0 bridgehead atoms. The predicted molar refractivity (Wildman–Crippen MR) is 150 cm³/mol. The molecular weight excluding hydrogens is 504 g/mol. The van der Waals surface area contributed by atoms with E-state index >= 15 is 0 Å². The fourth-order valence-electron chi connectivity index (χ4n) is 7.90. The van der Waals surface area contributed by atoms with Crippen LogP contribution in [0.5, 0.6) is 11.5 Å². The number of phenolic OH excluding ortho intramolecular Hbond substituents is 2. The largest absolute Gasteiger partial charge is 0.508 e. The Morgan fingerprint density at radius 2 is 1.45 bits per heavy atom. The Morgan fingerprint density at radius 3 is 1.98 bits per heavy atom. The number of allylic oxidation sites excluding steroid dienone is 3. The van der Waals surface area contributed by atoms with Gasteiger partial charge in [0.15, 0.2) is 5.78 Å². The number of esters is 1. The maximum Gasteiger partial charge on any atom is 0.320 e. The maximum absolute atomic E-state index is 14.4. The van der Waals surface area contributed by atoms with E-state index in [4.69, 9.17) is 4.74 Å². The highest BCUT2D eigenvalue weighted by Crippen LogP contribution is 2.70. The van der Waals surface area contributed by atoms with E-state index in [1.165, 1.54) is 7.11 Å². The maximum atomic E-state index is 14.4. The molecule has 5 unspecified atom stereocenters. The summed E-state index contributed by atoms with van der Waals surface area (Å²) in [7, 11) is 1.30. The van der Waals surface area contributed by atoms with Gasteiger partial charge in [0.05, 0.1) is 7.11 Å². The second-order valence-electron chi connectivity index (χ2n) is 11.3. The van der Waals surface area contributed by atoms with Crippen molar-refractivity contribution in [3.63, 3.8) is 0 Å². The molecule has 0 amide bonds. The Labute approximate surface area is 233 Å². The van der Waals surface area contributed by atoms with Crippen molar-refractivity contribution in [1.29, 1.82) is 0 Å². The molecule has 2 saturated carbocycles. The van der Waals surface area contributed by atoms with Crippen molar-refractivity contribution in [3.8, 4) is 11.5 Å². The summed E-state index contributed by atoms with van der Waals surface area (Å²) in [4.78, 5) is 28.5. The van der Waals surface area contributed by atoms with Gasteiger partial charge < -0.3 is 20.1 Å². The molecule has 3 aromatic carbocycles. The van der Waals surface area contributed by atoms with Gasteiger partial charge in [0.2, 0.25) is 0 Å². The molecule has 3 N–H and O–H groups in total. The van der Waals surface area contributed by atoms with Crippen molar-refractivity contribution < 1.29 is 29.6 Å². The summed E-state index contributed by atoms with van der Waals surface area (Å²) in [5.41, 5.74) is -0.706. The van der Waals surface area contributed by atoms with E-state index in [0.29, 0.717) is 19.3 Å². The first-order valence-electron chi connectivity index (χ1n) is 13.6. The van der Waals surface area contributed by atoms with Gasteiger partial charge >= 0.3 is 5.97 Å². The SMILES string of the molecule is COC(=O)C12C(=O)C(O)C3(C=CC=CC3)C1CC(c1ccc(O)cc1)(c1ccc(O)cc1)CC2c1ccccc1. The summed E-state index contributed by atoms with van der Waals surface area (Å²) in [6.07, 6.45) is 7.33. The van der Waals surface area contributed by atoms with Gasteiger partial charge in [-0.05, 0) is 66.1 Å². The molecule has 2 fully saturated rings. The lowest BCUT2D eigenvalue weighted by molar-refractivity contribution is -0.166. The highest BCUT2D eigenvalue weighted by atomic mass is 16.5. The molecule has 6 nitrogen and oxygen atoms in total. The molecule has 204 valence electrons. The zero-order valence-corrected chi connectivity index (χ0v) is 22.2. The molecule has 5 atom stereocenters. The topological polar surface area (TPSA) is 104 Å². The molecule has 6 heteroatoms. The van der Waals surface area contributed by atoms with E-state index < -0.39 is 45.9 Å². The second-order valence-corrected chi connectivity index (χ2v) is 11.3. The number of aliphatic hydroxyl groups excluding tert-OH is 1. The minimum atomic E-state index is -1.61. The molecule has 0 radical (unpaired) electrons. The van der Waals surface area contributed by atoms with Crippen LogP contribution in [0, 0.1) is 16.7 Å². The number of hydrogen-bond donors (Lipinski definition) is 3. The third-order valence-corrected chi connectivity index (χ3v) is 9.71. The standard InChI is InChI=1S/C34H32O6/c1-40-31(39)34-27(22-8-4-2-5-9-22)20-33(23-10-14-25(35)15-11-23,24-12-16-26(36)17-13-24)21-28(34)32(29(37)30(34)38)18-6-3-7-19-32/h2-18,27-29,35-37H,19-21H2,1H3. The van der Waals surface area contributed by atoms with E-state index in [-0.39, 0.29) is 11.5 Å². The monoisotopic (exact) mass is 536 g/mol. The zero-order valence-electron chi connectivity index (χ0n) is 22.2. The quantitative estimate of drug-likeness (QED) is 0.314. The number of rotatable bonds is 4. The van der Waals surface area contributed by atoms with Crippen molar-refractivity contribution in [2.75, 3.05) is 7.11 Å². The van der Waals surface area contributed by atoms with E-state index in [1.807, 2.05) is 78.9 Å². The lowest BCUT2D eigenvalue weighted by Gasteiger charge is -2.54. The number of phenols is 2. The number of carbonyl (C=O) groups excluding carboxylic acids is 2. The van der Waals surface area contributed by atoms with Gasteiger partial charge in [0.25, 0.3) is 0 Å². The number of ether oxygens (including phenoxy) is 1. The first-order valence-corrected chi connectivity index (χ1v) is 13.6. The Hall–Kier alpha value is -4.16. The van der Waals surface area contributed by atoms with Crippen LogP contribution in [0.3, 0.4) is 0 Å². The zero-order chi connectivity index (χ0) is 28.1. The van der Waals surface area contributed by atoms with Gasteiger partial charge in [-0.2, -0.15) is 0 Å².